The van der Waals surface area contributed by atoms with E-state index in [0.29, 0.717) is 33.9 Å². The number of hydrogen-bond donors (Lipinski definition) is 2. The van der Waals surface area contributed by atoms with Crippen LogP contribution in [0, 0.1) is 13.8 Å². The van der Waals surface area contributed by atoms with Crippen LogP contribution >= 0.6 is 11.6 Å². The summed E-state index contributed by atoms with van der Waals surface area (Å²) in [5.41, 5.74) is 7.31. The molecule has 0 spiro atoms. The molecule has 0 bridgehead atoms. The number of aromatic nitrogens is 2. The van der Waals surface area contributed by atoms with Crippen molar-refractivity contribution in [2.75, 3.05) is 18.2 Å². The molecule has 1 aromatic heterocycles. The molecule has 2 aromatic rings. The molecule has 1 aromatic carbocycles. The van der Waals surface area contributed by atoms with E-state index in [-0.39, 0.29) is 0 Å². The predicted molar refractivity (Wildman–Crippen MR) is 77.2 cm³/mol. The summed E-state index contributed by atoms with van der Waals surface area (Å²) in [6, 6.07) is 5.35. The maximum atomic E-state index is 6.14. The first-order chi connectivity index (χ1) is 9.01. The van der Waals surface area contributed by atoms with Gasteiger partial charge in [0.05, 0.1) is 17.8 Å². The highest BCUT2D eigenvalue weighted by molar-refractivity contribution is 6.33. The number of aryl methyl sites for hydroxylation is 1. The Hall–Kier alpha value is -2.01. The second-order valence-corrected chi connectivity index (χ2v) is 4.51. The fraction of sp³-hybridized carbons (Fsp3) is 0.231. The molecule has 1 heterocycles. The lowest BCUT2D eigenvalue weighted by molar-refractivity contribution is 0.415. The maximum Gasteiger partial charge on any atom is 0.139 e. The maximum absolute atomic E-state index is 6.14. The Morgan fingerprint density at radius 2 is 2.00 bits per heavy atom. The number of anilines is 3. The third kappa shape index (κ3) is 2.88. The van der Waals surface area contributed by atoms with E-state index in [4.69, 9.17) is 22.1 Å². The van der Waals surface area contributed by atoms with E-state index >= 15 is 0 Å². The fourth-order valence-electron chi connectivity index (χ4n) is 1.63. The van der Waals surface area contributed by atoms with Crippen LogP contribution in [-0.4, -0.2) is 17.1 Å². The van der Waals surface area contributed by atoms with E-state index in [2.05, 4.69) is 15.3 Å². The van der Waals surface area contributed by atoms with Gasteiger partial charge in [-0.25, -0.2) is 9.97 Å². The summed E-state index contributed by atoms with van der Waals surface area (Å²) >= 11 is 6.14. The van der Waals surface area contributed by atoms with Crippen LogP contribution in [0.1, 0.15) is 11.4 Å². The lowest BCUT2D eigenvalue weighted by Crippen LogP contribution is -2.05. The normalized spacial score (nSPS) is 10.3. The number of methoxy groups -OCH3 is 1. The summed E-state index contributed by atoms with van der Waals surface area (Å²) < 4.78 is 5.17. The minimum atomic E-state index is 0.453. The van der Waals surface area contributed by atoms with Crippen molar-refractivity contribution in [2.45, 2.75) is 13.8 Å². The van der Waals surface area contributed by atoms with Crippen molar-refractivity contribution in [2.24, 2.45) is 0 Å². The number of hydrogen-bond acceptors (Lipinski definition) is 5. The smallest absolute Gasteiger partial charge is 0.139 e. The van der Waals surface area contributed by atoms with Crippen LogP contribution in [-0.2, 0) is 0 Å². The number of nitrogens with two attached hydrogens (primary N) is 1. The van der Waals surface area contributed by atoms with E-state index in [1.807, 2.05) is 6.92 Å². The molecule has 0 fully saturated rings. The summed E-state index contributed by atoms with van der Waals surface area (Å²) in [6.45, 7) is 3.64. The first-order valence-corrected chi connectivity index (χ1v) is 6.10. The molecular weight excluding hydrogens is 264 g/mol. The second kappa shape index (κ2) is 5.32. The number of nitrogens with zero attached hydrogens (tertiary/aromatic N) is 2. The number of rotatable bonds is 3. The average Bonchev–Trinajstić information content (AvgIpc) is 2.38. The van der Waals surface area contributed by atoms with Crippen molar-refractivity contribution >= 4 is 28.9 Å². The van der Waals surface area contributed by atoms with Gasteiger partial charge in [0, 0.05) is 11.6 Å². The van der Waals surface area contributed by atoms with Gasteiger partial charge >= 0.3 is 0 Å². The van der Waals surface area contributed by atoms with Gasteiger partial charge in [0.2, 0.25) is 0 Å². The van der Waals surface area contributed by atoms with Gasteiger partial charge in [-0.05, 0) is 26.0 Å². The number of ether oxygens (including phenoxy) is 1. The zero-order chi connectivity index (χ0) is 14.0. The highest BCUT2D eigenvalue weighted by Crippen LogP contribution is 2.30. The van der Waals surface area contributed by atoms with Crippen molar-refractivity contribution in [1.29, 1.82) is 0 Å². The first kappa shape index (κ1) is 13.4. The van der Waals surface area contributed by atoms with Crippen LogP contribution in [0.5, 0.6) is 5.75 Å². The minimum Gasteiger partial charge on any atom is -0.497 e. The molecule has 0 unspecified atom stereocenters. The van der Waals surface area contributed by atoms with Gasteiger partial charge < -0.3 is 15.8 Å². The lowest BCUT2D eigenvalue weighted by atomic mass is 10.2. The zero-order valence-electron chi connectivity index (χ0n) is 11.0. The SMILES string of the molecule is COc1ccc(Cl)c(Nc2nc(C)nc(N)c2C)c1. The molecule has 0 radical (unpaired) electrons. The van der Waals surface area contributed by atoms with Crippen molar-refractivity contribution < 1.29 is 4.74 Å². The monoisotopic (exact) mass is 278 g/mol. The Labute approximate surface area is 116 Å². The summed E-state index contributed by atoms with van der Waals surface area (Å²) in [4.78, 5) is 8.42. The first-order valence-electron chi connectivity index (χ1n) is 5.72. The number of nitrogen functional groups attached to an aromatic ring is 1. The van der Waals surface area contributed by atoms with E-state index in [0.717, 1.165) is 5.56 Å². The molecule has 0 saturated heterocycles. The van der Waals surface area contributed by atoms with Crippen molar-refractivity contribution in [3.05, 3.63) is 34.6 Å². The Morgan fingerprint density at radius 1 is 1.26 bits per heavy atom. The summed E-state index contributed by atoms with van der Waals surface area (Å²) in [7, 11) is 1.60. The van der Waals surface area contributed by atoms with Gasteiger partial charge in [0.1, 0.15) is 23.2 Å². The van der Waals surface area contributed by atoms with Crippen molar-refractivity contribution in [3.63, 3.8) is 0 Å². The largest absolute Gasteiger partial charge is 0.497 e. The van der Waals surface area contributed by atoms with E-state index < -0.39 is 0 Å². The zero-order valence-corrected chi connectivity index (χ0v) is 11.7. The number of benzene rings is 1. The van der Waals surface area contributed by atoms with E-state index in [1.165, 1.54) is 0 Å². The van der Waals surface area contributed by atoms with Crippen molar-refractivity contribution in [3.8, 4) is 5.75 Å². The summed E-state index contributed by atoms with van der Waals surface area (Å²) in [5.74, 6) is 2.40. The summed E-state index contributed by atoms with van der Waals surface area (Å²) in [6.07, 6.45) is 0. The molecule has 3 N–H and O–H groups in total. The van der Waals surface area contributed by atoms with Crippen LogP contribution < -0.4 is 15.8 Å². The Bertz CT molecular complexity index is 616. The summed E-state index contributed by atoms with van der Waals surface area (Å²) in [5, 5.41) is 3.73. The average molecular weight is 279 g/mol. The van der Waals surface area contributed by atoms with Gasteiger partial charge in [0.25, 0.3) is 0 Å². The lowest BCUT2D eigenvalue weighted by Gasteiger charge is -2.13. The molecule has 19 heavy (non-hydrogen) atoms. The third-order valence-electron chi connectivity index (χ3n) is 2.72. The standard InChI is InChI=1S/C13H15ClN4O/c1-7-12(15)16-8(2)17-13(7)18-11-6-9(19-3)4-5-10(11)14/h4-6H,1-3H3,(H3,15,16,17,18). The predicted octanol–water partition coefficient (Wildman–Crippen LogP) is 3.08. The molecular formula is C13H15ClN4O. The molecule has 0 amide bonds. The number of halogens is 1. The van der Waals surface area contributed by atoms with Crippen molar-refractivity contribution in [1.82, 2.24) is 9.97 Å². The van der Waals surface area contributed by atoms with Gasteiger partial charge in [-0.2, -0.15) is 0 Å². The highest BCUT2D eigenvalue weighted by atomic mass is 35.5. The van der Waals surface area contributed by atoms with Crippen LogP contribution in [0.3, 0.4) is 0 Å². The molecule has 6 heteroatoms. The second-order valence-electron chi connectivity index (χ2n) is 4.10. The third-order valence-corrected chi connectivity index (χ3v) is 3.05. The molecule has 0 aliphatic heterocycles. The van der Waals surface area contributed by atoms with Gasteiger partial charge in [-0.15, -0.1) is 0 Å². The fourth-order valence-corrected chi connectivity index (χ4v) is 1.79. The van der Waals surface area contributed by atoms with Gasteiger partial charge in [0.15, 0.2) is 0 Å². The Morgan fingerprint density at radius 3 is 2.68 bits per heavy atom. The van der Waals surface area contributed by atoms with Crippen LogP contribution in [0.4, 0.5) is 17.3 Å². The Balaban J connectivity index is 2.41. The topological polar surface area (TPSA) is 73.1 Å². The molecule has 100 valence electrons. The molecule has 2 rings (SSSR count). The number of nitrogens with one attached hydrogen (secondary N) is 1. The van der Waals surface area contributed by atoms with Gasteiger partial charge in [-0.1, -0.05) is 11.6 Å². The van der Waals surface area contributed by atoms with Crippen LogP contribution in [0.15, 0.2) is 18.2 Å². The van der Waals surface area contributed by atoms with E-state index in [1.54, 1.807) is 32.2 Å². The Kier molecular flexibility index (Phi) is 3.76. The minimum absolute atomic E-state index is 0.453. The molecule has 0 atom stereocenters. The molecule has 5 nitrogen and oxygen atoms in total. The highest BCUT2D eigenvalue weighted by Gasteiger charge is 2.09. The van der Waals surface area contributed by atoms with Crippen LogP contribution in [0.25, 0.3) is 0 Å². The quantitative estimate of drug-likeness (QED) is 0.903. The molecule has 0 aliphatic carbocycles. The molecule has 0 aliphatic rings. The van der Waals surface area contributed by atoms with E-state index in [9.17, 15) is 0 Å². The van der Waals surface area contributed by atoms with Gasteiger partial charge in [-0.3, -0.25) is 0 Å². The molecule has 0 saturated carbocycles. The van der Waals surface area contributed by atoms with Crippen LogP contribution in [0.2, 0.25) is 5.02 Å².